The van der Waals surface area contributed by atoms with Gasteiger partial charge in [0.2, 0.25) is 0 Å². The van der Waals surface area contributed by atoms with Gasteiger partial charge in [-0.1, -0.05) is 24.8 Å². The summed E-state index contributed by atoms with van der Waals surface area (Å²) in [6.07, 6.45) is 0. The Balaban J connectivity index is 0.000000362. The molecule has 5 rings (SSSR count). The molecule has 3 aromatic rings. The van der Waals surface area contributed by atoms with Gasteiger partial charge in [0.25, 0.3) is 0 Å². The van der Waals surface area contributed by atoms with Crippen molar-refractivity contribution in [3.05, 3.63) is 95.1 Å². The Morgan fingerprint density at radius 1 is 1.00 bits per heavy atom. The number of fused-ring (bicyclic) bond motifs is 6. The van der Waals surface area contributed by atoms with Gasteiger partial charge in [0, 0.05) is 34.4 Å². The first-order chi connectivity index (χ1) is 16.3. The van der Waals surface area contributed by atoms with Crippen molar-refractivity contribution in [2.45, 2.75) is 12.5 Å². The predicted octanol–water partition coefficient (Wildman–Crippen LogP) is 0.880. The average Bonchev–Trinajstić information content (AvgIpc) is 3.10. The number of esters is 2. The maximum Gasteiger partial charge on any atom is 1.00 e. The third-order valence-electron chi connectivity index (χ3n) is 5.35. The number of benzene rings is 3. The molecule has 0 aromatic heterocycles. The van der Waals surface area contributed by atoms with E-state index < -0.39 is 17.5 Å². The number of aliphatic hydroxyl groups is 1. The van der Waals surface area contributed by atoms with Gasteiger partial charge < -0.3 is 31.0 Å². The van der Waals surface area contributed by atoms with Gasteiger partial charge in [0.15, 0.2) is 5.60 Å². The predicted molar refractivity (Wildman–Crippen MR) is 122 cm³/mol. The molecule has 0 unspecified atom stereocenters. The molecule has 0 saturated carbocycles. The van der Waals surface area contributed by atoms with E-state index in [9.17, 15) is 19.8 Å². The molecule has 0 saturated heterocycles. The van der Waals surface area contributed by atoms with Crippen molar-refractivity contribution < 1.29 is 70.1 Å². The van der Waals surface area contributed by atoms with Crippen LogP contribution in [-0.2, 0) is 19.9 Å². The van der Waals surface area contributed by atoms with Crippen LogP contribution in [0.2, 0.25) is 0 Å². The summed E-state index contributed by atoms with van der Waals surface area (Å²) in [4.78, 5) is 23.0. The van der Waals surface area contributed by atoms with E-state index >= 15 is 0 Å². The summed E-state index contributed by atoms with van der Waals surface area (Å²) in [5.41, 5.74) is 1.63. The molecule has 3 N–H and O–H groups in total. The van der Waals surface area contributed by atoms with Crippen LogP contribution in [0.15, 0.2) is 72.8 Å². The summed E-state index contributed by atoms with van der Waals surface area (Å²) >= 11 is 0. The summed E-state index contributed by atoms with van der Waals surface area (Å²) < 4.78 is 16.2. The van der Waals surface area contributed by atoms with Crippen molar-refractivity contribution in [1.29, 1.82) is 0 Å². The molecule has 0 aliphatic carbocycles. The van der Waals surface area contributed by atoms with Crippen molar-refractivity contribution in [3.8, 4) is 23.0 Å². The molecule has 35 heavy (non-hydrogen) atoms. The summed E-state index contributed by atoms with van der Waals surface area (Å²) in [6, 6.07) is 16.6. The van der Waals surface area contributed by atoms with Crippen molar-refractivity contribution in [2.24, 2.45) is 0 Å². The van der Waals surface area contributed by atoms with E-state index in [1.807, 2.05) is 12.1 Å². The zero-order valence-corrected chi connectivity index (χ0v) is 21.3. The SMILES string of the molecule is C=C(C)C(=O)OCCO.O=C1OC2(c3ccc(O)cc3Oc3cc(O)ccc32)c2ccccc21.[H-].[Na+]. The van der Waals surface area contributed by atoms with Crippen LogP contribution in [0.5, 0.6) is 23.0 Å². The molecule has 2 aliphatic rings. The topological polar surface area (TPSA) is 123 Å². The van der Waals surface area contributed by atoms with Crippen LogP contribution in [0.1, 0.15) is 35.4 Å². The summed E-state index contributed by atoms with van der Waals surface area (Å²) in [7, 11) is 0. The number of phenols is 2. The second-order valence-corrected chi connectivity index (χ2v) is 7.72. The molecule has 9 heteroatoms. The molecule has 0 fully saturated rings. The zero-order valence-electron chi connectivity index (χ0n) is 20.3. The number of aliphatic hydroxyl groups excluding tert-OH is 1. The second kappa shape index (κ2) is 10.5. The smallest absolute Gasteiger partial charge is 1.00 e. The van der Waals surface area contributed by atoms with E-state index in [0.29, 0.717) is 39.3 Å². The molecule has 0 radical (unpaired) electrons. The molecule has 0 atom stereocenters. The van der Waals surface area contributed by atoms with Crippen molar-refractivity contribution >= 4 is 11.9 Å². The zero-order chi connectivity index (χ0) is 24.5. The van der Waals surface area contributed by atoms with E-state index in [4.69, 9.17) is 14.6 Å². The number of carbonyl (C=O) groups excluding carboxylic acids is 2. The van der Waals surface area contributed by atoms with Crippen LogP contribution in [0.3, 0.4) is 0 Å². The number of rotatable bonds is 3. The Kier molecular flexibility index (Phi) is 7.92. The normalized spacial score (nSPS) is 13.5. The van der Waals surface area contributed by atoms with Gasteiger partial charge in [-0.25, -0.2) is 9.59 Å². The standard InChI is InChI=1S/C20H12O5.C6H10O3.Na.H/c21-11-5-7-15-17(9-11)24-18-10-12(22)6-8-16(18)20(15)14-4-2-1-3-13(14)19(23)25-20;1-5(2)6(8)9-4-3-7;;/h1-10,21-22H;7H,1,3-4H2,2H3;;/q;;+1;-1. The average molecular weight is 486 g/mol. The van der Waals surface area contributed by atoms with Gasteiger partial charge in [-0.15, -0.1) is 0 Å². The summed E-state index contributed by atoms with van der Waals surface area (Å²) in [6.45, 7) is 4.81. The number of carbonyl (C=O) groups is 2. The van der Waals surface area contributed by atoms with Crippen molar-refractivity contribution in [1.82, 2.24) is 0 Å². The Morgan fingerprint density at radius 3 is 2.11 bits per heavy atom. The summed E-state index contributed by atoms with van der Waals surface area (Å²) in [5, 5.41) is 27.9. The molecule has 0 bridgehead atoms. The van der Waals surface area contributed by atoms with E-state index in [2.05, 4.69) is 11.3 Å². The molecule has 0 amide bonds. The van der Waals surface area contributed by atoms with Gasteiger partial charge in [-0.05, 0) is 37.3 Å². The first-order valence-corrected chi connectivity index (χ1v) is 10.4. The molecule has 2 aliphatic heterocycles. The maximum absolute atomic E-state index is 12.5. The van der Waals surface area contributed by atoms with Crippen LogP contribution in [-0.4, -0.2) is 40.5 Å². The van der Waals surface area contributed by atoms with Crippen molar-refractivity contribution in [3.63, 3.8) is 0 Å². The van der Waals surface area contributed by atoms with Crippen molar-refractivity contribution in [2.75, 3.05) is 13.2 Å². The van der Waals surface area contributed by atoms with Crippen LogP contribution in [0.4, 0.5) is 0 Å². The molecular formula is C26H23NaO8. The Hall–Kier alpha value is -3.30. The minimum Gasteiger partial charge on any atom is -1.00 e. The largest absolute Gasteiger partial charge is 1.00 e. The first-order valence-electron chi connectivity index (χ1n) is 10.4. The Labute approximate surface area is 225 Å². The fourth-order valence-electron chi connectivity index (χ4n) is 3.91. The van der Waals surface area contributed by atoms with Gasteiger partial charge >= 0.3 is 41.5 Å². The summed E-state index contributed by atoms with van der Waals surface area (Å²) in [5.74, 6) is -0.0463. The van der Waals surface area contributed by atoms with Crippen LogP contribution in [0, 0.1) is 0 Å². The molecule has 176 valence electrons. The Bertz CT molecular complexity index is 1260. The molecule has 2 heterocycles. The van der Waals surface area contributed by atoms with Gasteiger partial charge in [-0.3, -0.25) is 0 Å². The second-order valence-electron chi connectivity index (χ2n) is 7.72. The van der Waals surface area contributed by atoms with Gasteiger partial charge in [0.05, 0.1) is 12.2 Å². The number of phenolic OH excluding ortho intramolecular Hbond substituents is 2. The third-order valence-corrected chi connectivity index (χ3v) is 5.35. The fourth-order valence-corrected chi connectivity index (χ4v) is 3.91. The van der Waals surface area contributed by atoms with Gasteiger partial charge in [0.1, 0.15) is 29.6 Å². The number of hydrogen-bond donors (Lipinski definition) is 3. The maximum atomic E-state index is 12.5. The number of aromatic hydroxyl groups is 2. The monoisotopic (exact) mass is 486 g/mol. The molecular weight excluding hydrogens is 463 g/mol. The third kappa shape index (κ3) is 4.78. The van der Waals surface area contributed by atoms with Crippen LogP contribution in [0.25, 0.3) is 0 Å². The molecule has 3 aromatic carbocycles. The molecule has 1 spiro atoms. The number of ether oxygens (including phenoxy) is 3. The first kappa shape index (κ1) is 26.3. The fraction of sp³-hybridized carbons (Fsp3) is 0.154. The van der Waals surface area contributed by atoms with E-state index in [0.717, 1.165) is 0 Å². The minimum absolute atomic E-state index is 0. The number of hydrogen-bond acceptors (Lipinski definition) is 8. The van der Waals surface area contributed by atoms with Crippen LogP contribution >= 0.6 is 0 Å². The van der Waals surface area contributed by atoms with E-state index in [-0.39, 0.29) is 55.7 Å². The minimum atomic E-state index is -1.17. The van der Waals surface area contributed by atoms with E-state index in [1.165, 1.54) is 24.3 Å². The van der Waals surface area contributed by atoms with Gasteiger partial charge in [-0.2, -0.15) is 0 Å². The van der Waals surface area contributed by atoms with Crippen LogP contribution < -0.4 is 34.3 Å². The molecule has 8 nitrogen and oxygen atoms in total. The Morgan fingerprint density at radius 2 is 1.57 bits per heavy atom. The quantitative estimate of drug-likeness (QED) is 0.283. The van der Waals surface area contributed by atoms with E-state index in [1.54, 1.807) is 31.2 Å².